The van der Waals surface area contributed by atoms with Crippen molar-refractivity contribution in [1.82, 2.24) is 5.32 Å². The first kappa shape index (κ1) is 10.2. The number of imide groups is 1. The minimum atomic E-state index is -0.329. The van der Waals surface area contributed by atoms with Crippen LogP contribution in [0.25, 0.3) is 0 Å². The zero-order valence-corrected chi connectivity index (χ0v) is 6.45. The molecule has 0 aromatic heterocycles. The molecule has 1 rings (SSSR count). The Labute approximate surface area is 70.2 Å². The fraction of sp³-hybridized carbons (Fsp3) is 0. The first-order chi connectivity index (χ1) is 5.70. The van der Waals surface area contributed by atoms with Gasteiger partial charge in [-0.15, -0.1) is 0 Å². The van der Waals surface area contributed by atoms with Gasteiger partial charge in [0.05, 0.1) is 12.5 Å². The normalized spacial score (nSPS) is 12.7. The molecule has 0 aliphatic carbocycles. The number of amides is 2. The number of ether oxygens (including phenoxy) is 1. The maximum atomic E-state index is 10.0. The van der Waals surface area contributed by atoms with Crippen molar-refractivity contribution in [3.05, 3.63) is 37.8 Å². The summed E-state index contributed by atoms with van der Waals surface area (Å²) in [7, 11) is 0. The average molecular weight is 167 g/mol. The lowest BCUT2D eigenvalue weighted by Crippen LogP contribution is -2.19. The quantitative estimate of drug-likeness (QED) is 0.481. The minimum absolute atomic E-state index is 0.329. The molecule has 0 saturated heterocycles. The summed E-state index contributed by atoms with van der Waals surface area (Å²) in [6, 6.07) is 0. The SMILES string of the molecule is C=COC=C.O=C1C=CC(=O)N1. The van der Waals surface area contributed by atoms with E-state index in [1.165, 1.54) is 24.7 Å². The average Bonchev–Trinajstić information content (AvgIpc) is 2.38. The Morgan fingerprint density at radius 2 is 1.58 bits per heavy atom. The molecule has 1 aliphatic heterocycles. The van der Waals surface area contributed by atoms with Gasteiger partial charge in [0.25, 0.3) is 11.8 Å². The van der Waals surface area contributed by atoms with E-state index in [2.05, 4.69) is 17.9 Å². The van der Waals surface area contributed by atoms with Crippen LogP contribution in [-0.2, 0) is 14.3 Å². The number of hydrogen-bond donors (Lipinski definition) is 1. The summed E-state index contributed by atoms with van der Waals surface area (Å²) in [4.78, 5) is 20.1. The van der Waals surface area contributed by atoms with Crippen LogP contribution in [0.15, 0.2) is 37.8 Å². The first-order valence-corrected chi connectivity index (χ1v) is 3.11. The van der Waals surface area contributed by atoms with Crippen LogP contribution in [-0.4, -0.2) is 11.8 Å². The van der Waals surface area contributed by atoms with Crippen LogP contribution in [0.2, 0.25) is 0 Å². The second-order valence-corrected chi connectivity index (χ2v) is 1.66. The van der Waals surface area contributed by atoms with E-state index in [9.17, 15) is 9.59 Å². The maximum Gasteiger partial charge on any atom is 0.250 e. The molecule has 0 radical (unpaired) electrons. The molecule has 4 nitrogen and oxygen atoms in total. The van der Waals surface area contributed by atoms with Crippen LogP contribution >= 0.6 is 0 Å². The molecule has 1 aliphatic rings. The molecule has 1 N–H and O–H groups in total. The van der Waals surface area contributed by atoms with Gasteiger partial charge in [0.2, 0.25) is 0 Å². The second kappa shape index (κ2) is 5.91. The van der Waals surface area contributed by atoms with Crippen molar-refractivity contribution >= 4 is 11.8 Å². The predicted molar refractivity (Wildman–Crippen MR) is 43.8 cm³/mol. The van der Waals surface area contributed by atoms with E-state index in [0.29, 0.717) is 0 Å². The molecule has 4 heteroatoms. The number of nitrogens with one attached hydrogen (secondary N) is 1. The summed E-state index contributed by atoms with van der Waals surface area (Å²) in [6.07, 6.45) is 5.02. The van der Waals surface area contributed by atoms with Crippen molar-refractivity contribution in [2.45, 2.75) is 0 Å². The number of carbonyl (C=O) groups excluding carboxylic acids is 2. The maximum absolute atomic E-state index is 10.0. The molecule has 0 spiro atoms. The summed E-state index contributed by atoms with van der Waals surface area (Å²) in [6.45, 7) is 6.51. The summed E-state index contributed by atoms with van der Waals surface area (Å²) >= 11 is 0. The van der Waals surface area contributed by atoms with Crippen LogP contribution in [0.3, 0.4) is 0 Å². The van der Waals surface area contributed by atoms with Gasteiger partial charge in [-0.3, -0.25) is 14.9 Å². The Balaban J connectivity index is 0.000000217. The molecule has 0 saturated carbocycles. The van der Waals surface area contributed by atoms with Crippen molar-refractivity contribution in [3.8, 4) is 0 Å². The molecule has 0 fully saturated rings. The molecular weight excluding hydrogens is 158 g/mol. The lowest BCUT2D eigenvalue weighted by atomic mass is 10.6. The molecule has 1 heterocycles. The Kier molecular flexibility index (Phi) is 5.00. The molecular formula is C8H9NO3. The van der Waals surface area contributed by atoms with Gasteiger partial charge in [-0.05, 0) is 0 Å². The zero-order valence-electron chi connectivity index (χ0n) is 6.45. The van der Waals surface area contributed by atoms with Gasteiger partial charge in [-0.1, -0.05) is 13.2 Å². The Morgan fingerprint density at radius 3 is 1.67 bits per heavy atom. The molecule has 2 amide bonds. The van der Waals surface area contributed by atoms with Crippen molar-refractivity contribution in [2.75, 3.05) is 0 Å². The highest BCUT2D eigenvalue weighted by Gasteiger charge is 2.06. The van der Waals surface area contributed by atoms with Gasteiger partial charge in [0.15, 0.2) is 0 Å². The number of rotatable bonds is 2. The van der Waals surface area contributed by atoms with Crippen molar-refractivity contribution in [3.63, 3.8) is 0 Å². The van der Waals surface area contributed by atoms with Crippen molar-refractivity contribution in [1.29, 1.82) is 0 Å². The second-order valence-electron chi connectivity index (χ2n) is 1.66. The lowest BCUT2D eigenvalue weighted by molar-refractivity contribution is -0.123. The van der Waals surface area contributed by atoms with Crippen LogP contribution in [0, 0.1) is 0 Å². The third kappa shape index (κ3) is 4.99. The zero-order chi connectivity index (χ0) is 9.40. The number of carbonyl (C=O) groups is 2. The van der Waals surface area contributed by atoms with E-state index in [0.717, 1.165) is 0 Å². The van der Waals surface area contributed by atoms with E-state index < -0.39 is 0 Å². The molecule has 64 valence electrons. The largest absolute Gasteiger partial charge is 0.474 e. The smallest absolute Gasteiger partial charge is 0.250 e. The summed E-state index contributed by atoms with van der Waals surface area (Å²) in [5, 5.41) is 2.03. The third-order valence-electron chi connectivity index (χ3n) is 0.825. The highest BCUT2D eigenvalue weighted by atomic mass is 16.5. The fourth-order valence-corrected chi connectivity index (χ4v) is 0.424. The predicted octanol–water partition coefficient (Wildman–Crippen LogP) is 0.489. The summed E-state index contributed by atoms with van der Waals surface area (Å²) in [5.41, 5.74) is 0. The van der Waals surface area contributed by atoms with Gasteiger partial charge in [0.1, 0.15) is 0 Å². The topological polar surface area (TPSA) is 55.4 Å². The van der Waals surface area contributed by atoms with Gasteiger partial charge in [-0.2, -0.15) is 0 Å². The van der Waals surface area contributed by atoms with Crippen LogP contribution in [0.5, 0.6) is 0 Å². The van der Waals surface area contributed by atoms with Gasteiger partial charge in [0, 0.05) is 12.2 Å². The van der Waals surface area contributed by atoms with Crippen LogP contribution in [0.4, 0.5) is 0 Å². The minimum Gasteiger partial charge on any atom is -0.474 e. The molecule has 0 aromatic carbocycles. The third-order valence-corrected chi connectivity index (χ3v) is 0.825. The number of hydrogen-bond acceptors (Lipinski definition) is 3. The standard InChI is InChI=1S/C4H3NO2.C4H6O/c6-3-1-2-4(7)5-3;1-3-5-4-2/h1-2H,(H,5,6,7);3-4H,1-2H2. The highest BCUT2D eigenvalue weighted by molar-refractivity contribution is 6.12. The van der Waals surface area contributed by atoms with E-state index in [-0.39, 0.29) is 11.8 Å². The van der Waals surface area contributed by atoms with Crippen LogP contribution < -0.4 is 5.32 Å². The van der Waals surface area contributed by atoms with Crippen molar-refractivity contribution in [2.24, 2.45) is 0 Å². The van der Waals surface area contributed by atoms with Gasteiger partial charge < -0.3 is 4.74 Å². The van der Waals surface area contributed by atoms with Gasteiger partial charge in [-0.25, -0.2) is 0 Å². The summed E-state index contributed by atoms with van der Waals surface area (Å²) < 4.78 is 4.36. The monoisotopic (exact) mass is 167 g/mol. The summed E-state index contributed by atoms with van der Waals surface area (Å²) in [5.74, 6) is -0.657. The Morgan fingerprint density at radius 1 is 1.17 bits per heavy atom. The van der Waals surface area contributed by atoms with E-state index in [1.54, 1.807) is 0 Å². The highest BCUT2D eigenvalue weighted by Crippen LogP contribution is 1.82. The molecule has 12 heavy (non-hydrogen) atoms. The van der Waals surface area contributed by atoms with Crippen molar-refractivity contribution < 1.29 is 14.3 Å². The van der Waals surface area contributed by atoms with Gasteiger partial charge >= 0.3 is 0 Å². The first-order valence-electron chi connectivity index (χ1n) is 3.11. The van der Waals surface area contributed by atoms with E-state index >= 15 is 0 Å². The molecule has 0 bridgehead atoms. The molecule has 0 atom stereocenters. The Bertz CT molecular complexity index is 208. The van der Waals surface area contributed by atoms with E-state index in [1.807, 2.05) is 5.32 Å². The Hall–Kier alpha value is -1.84. The van der Waals surface area contributed by atoms with Crippen LogP contribution in [0.1, 0.15) is 0 Å². The lowest BCUT2D eigenvalue weighted by Gasteiger charge is -1.80. The fourth-order valence-electron chi connectivity index (χ4n) is 0.424. The molecule has 0 unspecified atom stereocenters. The van der Waals surface area contributed by atoms with E-state index in [4.69, 9.17) is 0 Å². The molecule has 0 aromatic rings.